The minimum Gasteiger partial charge on any atom is -0.453 e. The van der Waals surface area contributed by atoms with Crippen LogP contribution in [0, 0.1) is 6.92 Å². The lowest BCUT2D eigenvalue weighted by molar-refractivity contribution is 0.0792. The van der Waals surface area contributed by atoms with Crippen LogP contribution in [-0.2, 0) is 21.2 Å². The molecule has 2 atom stereocenters. The number of ether oxygens (including phenoxy) is 1. The van der Waals surface area contributed by atoms with E-state index in [-0.39, 0.29) is 12.1 Å². The number of benzene rings is 2. The minimum atomic E-state index is -3.39. The van der Waals surface area contributed by atoms with Crippen molar-refractivity contribution in [3.63, 3.8) is 0 Å². The molecule has 1 fully saturated rings. The quantitative estimate of drug-likeness (QED) is 0.811. The number of aryl methyl sites for hydroxylation is 1. The smallest absolute Gasteiger partial charge is 0.409 e. The van der Waals surface area contributed by atoms with E-state index >= 15 is 0 Å². The number of carbonyl (C=O) groups is 1. The van der Waals surface area contributed by atoms with Crippen LogP contribution < -0.4 is 4.72 Å². The van der Waals surface area contributed by atoms with E-state index in [0.29, 0.717) is 19.4 Å². The second-order valence-electron chi connectivity index (χ2n) is 7.59. The number of nitrogens with one attached hydrogen (secondary N) is 1. The van der Waals surface area contributed by atoms with Gasteiger partial charge in [0.2, 0.25) is 10.0 Å². The van der Waals surface area contributed by atoms with E-state index in [0.717, 1.165) is 29.4 Å². The highest BCUT2D eigenvalue weighted by Crippen LogP contribution is 2.27. The monoisotopic (exact) mass is 416 g/mol. The molecule has 1 N–H and O–H groups in total. The highest BCUT2D eigenvalue weighted by atomic mass is 32.2. The molecule has 0 aromatic heterocycles. The van der Waals surface area contributed by atoms with Gasteiger partial charge in [0.15, 0.2) is 0 Å². The third kappa shape index (κ3) is 5.36. The van der Waals surface area contributed by atoms with Gasteiger partial charge in [-0.15, -0.1) is 0 Å². The summed E-state index contributed by atoms with van der Waals surface area (Å²) in [6, 6.07) is 15.7. The summed E-state index contributed by atoms with van der Waals surface area (Å²) < 4.78 is 31.4. The summed E-state index contributed by atoms with van der Waals surface area (Å²) in [6.07, 6.45) is 2.68. The van der Waals surface area contributed by atoms with Crippen molar-refractivity contribution in [3.05, 3.63) is 59.7 Å². The molecule has 1 saturated heterocycles. The highest BCUT2D eigenvalue weighted by molar-refractivity contribution is 7.88. The van der Waals surface area contributed by atoms with Crippen LogP contribution in [-0.4, -0.2) is 51.4 Å². The van der Waals surface area contributed by atoms with E-state index in [1.54, 1.807) is 4.90 Å². The van der Waals surface area contributed by atoms with E-state index in [4.69, 9.17) is 4.74 Å². The normalized spacial score (nSPS) is 19.8. The molecule has 0 saturated carbocycles. The number of amides is 1. The Morgan fingerprint density at radius 2 is 1.97 bits per heavy atom. The first-order valence-electron chi connectivity index (χ1n) is 9.75. The van der Waals surface area contributed by atoms with Gasteiger partial charge in [0.05, 0.1) is 19.4 Å². The van der Waals surface area contributed by atoms with Crippen molar-refractivity contribution in [2.75, 3.05) is 19.9 Å². The molecule has 0 aliphatic carbocycles. The first-order chi connectivity index (χ1) is 13.8. The number of sulfonamides is 1. The van der Waals surface area contributed by atoms with E-state index in [2.05, 4.69) is 35.9 Å². The molecule has 6 nitrogen and oxygen atoms in total. The van der Waals surface area contributed by atoms with Gasteiger partial charge in [-0.1, -0.05) is 48.5 Å². The maximum Gasteiger partial charge on any atom is 0.409 e. The Hall–Kier alpha value is -2.38. The second kappa shape index (κ2) is 8.97. The molecular formula is C22H28N2O4S. The first-order valence-corrected chi connectivity index (χ1v) is 11.6. The van der Waals surface area contributed by atoms with Crippen LogP contribution in [0.4, 0.5) is 4.79 Å². The number of piperidine rings is 1. The summed E-state index contributed by atoms with van der Waals surface area (Å²) in [5.74, 6) is 0. The molecule has 1 amide bonds. The average Bonchev–Trinajstić information content (AvgIpc) is 2.68. The van der Waals surface area contributed by atoms with Crippen LogP contribution in [0.15, 0.2) is 48.5 Å². The predicted octanol–water partition coefficient (Wildman–Crippen LogP) is 3.35. The topological polar surface area (TPSA) is 75.7 Å². The van der Waals surface area contributed by atoms with Gasteiger partial charge in [-0.2, -0.15) is 0 Å². The van der Waals surface area contributed by atoms with Gasteiger partial charge < -0.3 is 9.64 Å². The lowest BCUT2D eigenvalue weighted by Gasteiger charge is -2.40. The Balaban J connectivity index is 1.92. The zero-order valence-corrected chi connectivity index (χ0v) is 17.9. The number of methoxy groups -OCH3 is 1. The number of likely N-dealkylation sites (tertiary alicyclic amines) is 1. The van der Waals surface area contributed by atoms with Gasteiger partial charge in [0.25, 0.3) is 0 Å². The lowest BCUT2D eigenvalue weighted by atomic mass is 9.90. The third-order valence-corrected chi connectivity index (χ3v) is 6.11. The molecule has 29 heavy (non-hydrogen) atoms. The summed E-state index contributed by atoms with van der Waals surface area (Å²) in [5, 5.41) is 0. The Morgan fingerprint density at radius 1 is 1.21 bits per heavy atom. The minimum absolute atomic E-state index is 0.307. The third-order valence-electron chi connectivity index (χ3n) is 5.38. The molecule has 3 rings (SSSR count). The van der Waals surface area contributed by atoms with E-state index in [1.807, 2.05) is 24.3 Å². The fraction of sp³-hybridized carbons (Fsp3) is 0.409. The Labute approximate surface area is 172 Å². The van der Waals surface area contributed by atoms with Crippen molar-refractivity contribution in [3.8, 4) is 11.1 Å². The van der Waals surface area contributed by atoms with Crippen LogP contribution in [0.3, 0.4) is 0 Å². The van der Waals surface area contributed by atoms with Gasteiger partial charge in [0.1, 0.15) is 0 Å². The standard InChI is InChI=1S/C22H28N2O4S/c1-16-8-4-5-11-19(16)18-10-6-9-17(14-18)15-21-20(23-29(3,26)27)12-7-13-24(21)22(25)28-2/h4-6,8-11,14,20-21,23H,7,12-13,15H2,1-3H3/t20-,21-/m1/s1. The zero-order valence-electron chi connectivity index (χ0n) is 17.1. The van der Waals surface area contributed by atoms with Crippen molar-refractivity contribution in [2.45, 2.75) is 38.3 Å². The molecule has 0 bridgehead atoms. The molecule has 0 radical (unpaired) electrons. The maximum absolute atomic E-state index is 12.3. The number of carbonyl (C=O) groups excluding carboxylic acids is 1. The van der Waals surface area contributed by atoms with Crippen molar-refractivity contribution in [1.29, 1.82) is 0 Å². The molecule has 2 aromatic carbocycles. The molecule has 0 unspecified atom stereocenters. The zero-order chi connectivity index (χ0) is 21.0. The molecular weight excluding hydrogens is 388 g/mol. The summed E-state index contributed by atoms with van der Waals surface area (Å²) in [6.45, 7) is 2.63. The lowest BCUT2D eigenvalue weighted by Crippen LogP contribution is -2.57. The summed E-state index contributed by atoms with van der Waals surface area (Å²) in [4.78, 5) is 14.0. The largest absolute Gasteiger partial charge is 0.453 e. The molecule has 1 aliphatic rings. The molecule has 1 aliphatic heterocycles. The molecule has 156 valence electrons. The van der Waals surface area contributed by atoms with Gasteiger partial charge >= 0.3 is 6.09 Å². The van der Waals surface area contributed by atoms with Crippen LogP contribution in [0.2, 0.25) is 0 Å². The number of hydrogen-bond donors (Lipinski definition) is 1. The fourth-order valence-corrected chi connectivity index (χ4v) is 4.89. The SMILES string of the molecule is COC(=O)N1CCC[C@@H](NS(C)(=O)=O)[C@H]1Cc1cccc(-c2ccccc2C)c1. The van der Waals surface area contributed by atoms with Crippen LogP contribution in [0.5, 0.6) is 0 Å². The van der Waals surface area contributed by atoms with Crippen molar-refractivity contribution in [2.24, 2.45) is 0 Å². The average molecular weight is 417 g/mol. The molecule has 0 spiro atoms. The van der Waals surface area contributed by atoms with Crippen molar-refractivity contribution in [1.82, 2.24) is 9.62 Å². The summed E-state index contributed by atoms with van der Waals surface area (Å²) in [7, 11) is -2.04. The summed E-state index contributed by atoms with van der Waals surface area (Å²) in [5.41, 5.74) is 4.50. The van der Waals surface area contributed by atoms with E-state index in [1.165, 1.54) is 12.7 Å². The van der Waals surface area contributed by atoms with Crippen molar-refractivity contribution >= 4 is 16.1 Å². The van der Waals surface area contributed by atoms with Gasteiger partial charge in [-0.25, -0.2) is 17.9 Å². The number of hydrogen-bond acceptors (Lipinski definition) is 4. The van der Waals surface area contributed by atoms with Gasteiger partial charge in [0, 0.05) is 12.6 Å². The first kappa shape index (κ1) is 21.3. The number of nitrogens with zero attached hydrogens (tertiary/aromatic N) is 1. The van der Waals surface area contributed by atoms with Crippen LogP contribution >= 0.6 is 0 Å². The molecule has 1 heterocycles. The van der Waals surface area contributed by atoms with Crippen LogP contribution in [0.1, 0.15) is 24.0 Å². The van der Waals surface area contributed by atoms with Gasteiger partial charge in [-0.3, -0.25) is 0 Å². The molecule has 7 heteroatoms. The van der Waals surface area contributed by atoms with E-state index < -0.39 is 16.1 Å². The van der Waals surface area contributed by atoms with Crippen LogP contribution in [0.25, 0.3) is 11.1 Å². The van der Waals surface area contributed by atoms with E-state index in [9.17, 15) is 13.2 Å². The highest BCUT2D eigenvalue weighted by Gasteiger charge is 2.36. The Bertz CT molecular complexity index is 974. The second-order valence-corrected chi connectivity index (χ2v) is 9.37. The van der Waals surface area contributed by atoms with Gasteiger partial charge in [-0.05, 0) is 48.4 Å². The molecule has 2 aromatic rings. The fourth-order valence-electron chi connectivity index (χ4n) is 4.07. The Morgan fingerprint density at radius 3 is 2.66 bits per heavy atom. The summed E-state index contributed by atoms with van der Waals surface area (Å²) >= 11 is 0. The van der Waals surface area contributed by atoms with Crippen molar-refractivity contribution < 1.29 is 17.9 Å². The predicted molar refractivity (Wildman–Crippen MR) is 114 cm³/mol. The maximum atomic E-state index is 12.3. The Kier molecular flexibility index (Phi) is 6.59. The number of rotatable bonds is 5.